The highest BCUT2D eigenvalue weighted by molar-refractivity contribution is 6.11. The number of rotatable bonds is 3. The van der Waals surface area contributed by atoms with Gasteiger partial charge in [0.15, 0.2) is 0 Å². The minimum absolute atomic E-state index is 0.0872. The molecule has 0 bridgehead atoms. The van der Waals surface area contributed by atoms with Gasteiger partial charge in [0, 0.05) is 32.8 Å². The molecule has 0 atom stereocenters. The Bertz CT molecular complexity index is 2710. The van der Waals surface area contributed by atoms with Crippen molar-refractivity contribution in [2.75, 3.05) is 0 Å². The molecule has 5 nitrogen and oxygen atoms in total. The van der Waals surface area contributed by atoms with Gasteiger partial charge in [-0.15, -0.1) is 0 Å². The Morgan fingerprint density at radius 1 is 0.560 bits per heavy atom. The summed E-state index contributed by atoms with van der Waals surface area (Å²) in [5.41, 5.74) is 2.17. The lowest BCUT2D eigenvalue weighted by Gasteiger charge is -2.19. The molecule has 8 aromatic rings. The predicted octanol–water partition coefficient (Wildman–Crippen LogP) is 10.9. The molecular weight excluding hydrogens is 652 g/mol. The van der Waals surface area contributed by atoms with Crippen LogP contribution in [0.4, 0.5) is 26.3 Å². The van der Waals surface area contributed by atoms with Crippen molar-refractivity contribution in [3.05, 3.63) is 131 Å². The van der Waals surface area contributed by atoms with Crippen LogP contribution in [0.25, 0.3) is 66.2 Å². The lowest BCUT2D eigenvalue weighted by molar-refractivity contribution is -0.138. The van der Waals surface area contributed by atoms with Crippen LogP contribution in [0.2, 0.25) is 0 Å². The van der Waals surface area contributed by atoms with Gasteiger partial charge in [0.2, 0.25) is 0 Å². The molecule has 3 aromatic heterocycles. The number of hydrogen-bond acceptors (Lipinski definition) is 3. The number of aryl methyl sites for hydroxylation is 2. The Morgan fingerprint density at radius 2 is 1.06 bits per heavy atom. The fourth-order valence-corrected chi connectivity index (χ4v) is 6.91. The van der Waals surface area contributed by atoms with Crippen molar-refractivity contribution >= 4 is 43.6 Å². The summed E-state index contributed by atoms with van der Waals surface area (Å²) in [5.74, 6) is 0.435. The molecule has 246 valence electrons. The van der Waals surface area contributed by atoms with Gasteiger partial charge in [-0.1, -0.05) is 48.5 Å². The average molecular weight is 676 g/mol. The zero-order valence-corrected chi connectivity index (χ0v) is 26.3. The van der Waals surface area contributed by atoms with E-state index in [0.717, 1.165) is 24.3 Å². The quantitative estimate of drug-likeness (QED) is 0.175. The summed E-state index contributed by atoms with van der Waals surface area (Å²) in [5, 5.41) is 13.2. The molecule has 3 heterocycles. The maximum atomic E-state index is 14.1. The molecule has 0 fully saturated rings. The van der Waals surface area contributed by atoms with E-state index in [2.05, 4.69) is 11.1 Å². The summed E-state index contributed by atoms with van der Waals surface area (Å²) in [4.78, 5) is 9.10. The Kier molecular flexibility index (Phi) is 6.81. The molecule has 0 aliphatic carbocycles. The van der Waals surface area contributed by atoms with Crippen molar-refractivity contribution in [2.24, 2.45) is 0 Å². The lowest BCUT2D eigenvalue weighted by Crippen LogP contribution is -2.07. The van der Waals surface area contributed by atoms with Crippen LogP contribution in [-0.4, -0.2) is 19.1 Å². The number of halogens is 6. The molecule has 0 unspecified atom stereocenters. The Hall–Kier alpha value is -6.15. The average Bonchev–Trinajstić information content (AvgIpc) is 3.58. The summed E-state index contributed by atoms with van der Waals surface area (Å²) >= 11 is 0. The summed E-state index contributed by atoms with van der Waals surface area (Å²) in [6.45, 7) is 3.49. The summed E-state index contributed by atoms with van der Waals surface area (Å²) in [6, 6.07) is 28.6. The molecule has 8 rings (SSSR count). The monoisotopic (exact) mass is 675 g/mol. The number of para-hydroxylation sites is 2. The van der Waals surface area contributed by atoms with Gasteiger partial charge in [0.25, 0.3) is 0 Å². The molecule has 0 saturated heterocycles. The van der Waals surface area contributed by atoms with Crippen LogP contribution >= 0.6 is 0 Å². The molecule has 0 N–H and O–H groups in total. The van der Waals surface area contributed by atoms with E-state index in [1.165, 1.54) is 12.1 Å². The molecular formula is C39H23F6N5. The molecule has 50 heavy (non-hydrogen) atoms. The van der Waals surface area contributed by atoms with E-state index in [4.69, 9.17) is 4.98 Å². The normalized spacial score (nSPS) is 12.4. The third-order valence-corrected chi connectivity index (χ3v) is 8.96. The number of nitrogens with zero attached hydrogens (tertiary/aromatic N) is 5. The fraction of sp³-hybridized carbons (Fsp3) is 0.103. The van der Waals surface area contributed by atoms with E-state index in [0.29, 0.717) is 61.0 Å². The van der Waals surface area contributed by atoms with Crippen LogP contribution in [0.3, 0.4) is 0 Å². The van der Waals surface area contributed by atoms with Gasteiger partial charge < -0.3 is 9.13 Å². The topological polar surface area (TPSA) is 59.4 Å². The predicted molar refractivity (Wildman–Crippen MR) is 180 cm³/mol. The van der Waals surface area contributed by atoms with E-state index in [9.17, 15) is 31.6 Å². The number of fused-ring (bicyclic) bond motifs is 6. The van der Waals surface area contributed by atoms with Crippen molar-refractivity contribution < 1.29 is 26.3 Å². The minimum atomic E-state index is -4.62. The smallest absolute Gasteiger partial charge is 0.308 e. The summed E-state index contributed by atoms with van der Waals surface area (Å²) in [6.07, 6.45) is -9.24. The molecule has 0 saturated carbocycles. The SMILES string of the molecule is Cc1cc(-c2cc(-n3c4ccccc4c4ccc(C(F)(F)F)cc43)c(C#N)cc2-n2c3ccccc3c3ccc(C(F)(F)F)cc32)nc(C)n1. The number of benzene rings is 5. The largest absolute Gasteiger partial charge is 0.416 e. The van der Waals surface area contributed by atoms with Crippen LogP contribution < -0.4 is 0 Å². The highest BCUT2D eigenvalue weighted by Gasteiger charge is 2.33. The van der Waals surface area contributed by atoms with Gasteiger partial charge >= 0.3 is 12.4 Å². The number of hydrogen-bond donors (Lipinski definition) is 0. The highest BCUT2D eigenvalue weighted by Crippen LogP contribution is 2.42. The van der Waals surface area contributed by atoms with Crippen LogP contribution in [0.15, 0.2) is 103 Å². The van der Waals surface area contributed by atoms with Crippen molar-refractivity contribution in [3.63, 3.8) is 0 Å². The van der Waals surface area contributed by atoms with Crippen molar-refractivity contribution in [1.29, 1.82) is 5.26 Å². The second-order valence-electron chi connectivity index (χ2n) is 12.1. The van der Waals surface area contributed by atoms with E-state index in [1.54, 1.807) is 83.6 Å². The van der Waals surface area contributed by atoms with Crippen molar-refractivity contribution in [1.82, 2.24) is 19.1 Å². The minimum Gasteiger partial charge on any atom is -0.308 e. The van der Waals surface area contributed by atoms with Gasteiger partial charge in [-0.05, 0) is 68.4 Å². The zero-order chi connectivity index (χ0) is 35.1. The van der Waals surface area contributed by atoms with Crippen molar-refractivity contribution in [2.45, 2.75) is 26.2 Å². The van der Waals surface area contributed by atoms with E-state index >= 15 is 0 Å². The molecule has 5 aromatic carbocycles. The second kappa shape index (κ2) is 10.9. The maximum Gasteiger partial charge on any atom is 0.416 e. The number of nitriles is 1. The fourth-order valence-electron chi connectivity index (χ4n) is 6.91. The number of alkyl halides is 6. The van der Waals surface area contributed by atoms with Crippen LogP contribution in [0.1, 0.15) is 28.2 Å². The van der Waals surface area contributed by atoms with E-state index < -0.39 is 23.5 Å². The zero-order valence-electron chi connectivity index (χ0n) is 26.3. The van der Waals surface area contributed by atoms with Crippen molar-refractivity contribution in [3.8, 4) is 28.7 Å². The first-order valence-electron chi connectivity index (χ1n) is 15.5. The van der Waals surface area contributed by atoms with Crippen LogP contribution in [-0.2, 0) is 12.4 Å². The van der Waals surface area contributed by atoms with Gasteiger partial charge in [0.05, 0.1) is 55.8 Å². The Morgan fingerprint density at radius 3 is 1.56 bits per heavy atom. The third kappa shape index (κ3) is 4.86. The number of aromatic nitrogens is 4. The first kappa shape index (κ1) is 31.1. The van der Waals surface area contributed by atoms with Gasteiger partial charge in [0.1, 0.15) is 11.9 Å². The van der Waals surface area contributed by atoms with Gasteiger partial charge in [-0.3, -0.25) is 0 Å². The maximum absolute atomic E-state index is 14.1. The molecule has 0 spiro atoms. The standard InChI is InChI=1S/C39H23F6N5/c1-21-15-31(48-22(2)47-21)30-19-34(49-32-9-5-3-7-26(32)28-13-11-24(17-36(28)49)38(40,41)42)23(20-46)16-35(30)50-33-10-6-4-8-27(33)29-14-12-25(18-37(29)50)39(43,44)45/h3-19H,1-2H3. The highest BCUT2D eigenvalue weighted by atomic mass is 19.4. The first-order valence-corrected chi connectivity index (χ1v) is 15.5. The molecule has 0 aliphatic heterocycles. The Labute approximate surface area is 280 Å². The molecule has 11 heteroatoms. The molecule has 0 amide bonds. The lowest BCUT2D eigenvalue weighted by atomic mass is 10.0. The molecule has 0 aliphatic rings. The molecule has 0 radical (unpaired) electrons. The third-order valence-electron chi connectivity index (χ3n) is 8.96. The van der Waals surface area contributed by atoms with Crippen LogP contribution in [0.5, 0.6) is 0 Å². The second-order valence-corrected chi connectivity index (χ2v) is 12.1. The van der Waals surface area contributed by atoms with Crippen LogP contribution in [0, 0.1) is 25.2 Å². The first-order chi connectivity index (χ1) is 23.8. The summed E-state index contributed by atoms with van der Waals surface area (Å²) in [7, 11) is 0. The van der Waals surface area contributed by atoms with E-state index in [1.807, 2.05) is 6.07 Å². The summed E-state index contributed by atoms with van der Waals surface area (Å²) < 4.78 is 87.6. The van der Waals surface area contributed by atoms with E-state index in [-0.39, 0.29) is 22.3 Å². The Balaban J connectivity index is 1.54. The van der Waals surface area contributed by atoms with Gasteiger partial charge in [-0.2, -0.15) is 31.6 Å². The van der Waals surface area contributed by atoms with Gasteiger partial charge in [-0.25, -0.2) is 9.97 Å².